The molecule has 1 N–H and O–H groups in total. The molecular formula is C21H22N4O3S2. The third-order valence-corrected chi connectivity index (χ3v) is 7.96. The van der Waals surface area contributed by atoms with E-state index >= 15 is 0 Å². The Balaban J connectivity index is 1.30. The molecule has 0 saturated carbocycles. The molecule has 1 saturated heterocycles. The molecule has 7 nitrogen and oxygen atoms in total. The van der Waals surface area contributed by atoms with Gasteiger partial charge in [0.2, 0.25) is 0 Å². The van der Waals surface area contributed by atoms with E-state index in [2.05, 4.69) is 21.5 Å². The van der Waals surface area contributed by atoms with E-state index in [0.29, 0.717) is 23.2 Å². The Morgan fingerprint density at radius 2 is 1.97 bits per heavy atom. The molecule has 3 aliphatic rings. The Labute approximate surface area is 180 Å². The summed E-state index contributed by atoms with van der Waals surface area (Å²) in [4.78, 5) is 17.8. The molecule has 1 amide bonds. The largest absolute Gasteiger partial charge is 0.371 e. The quantitative estimate of drug-likeness (QED) is 0.785. The number of hydrogen-bond acceptors (Lipinski definition) is 6. The van der Waals surface area contributed by atoms with Gasteiger partial charge in [-0.15, -0.1) is 4.40 Å². The predicted molar refractivity (Wildman–Crippen MR) is 121 cm³/mol. The molecule has 156 valence electrons. The molecule has 30 heavy (non-hydrogen) atoms. The van der Waals surface area contributed by atoms with Crippen molar-refractivity contribution < 1.29 is 13.2 Å². The van der Waals surface area contributed by atoms with Crippen LogP contribution in [0.15, 0.2) is 51.8 Å². The first kappa shape index (κ1) is 19.4. The van der Waals surface area contributed by atoms with E-state index in [4.69, 9.17) is 0 Å². The summed E-state index contributed by atoms with van der Waals surface area (Å²) in [7, 11) is -3.39. The van der Waals surface area contributed by atoms with Crippen molar-refractivity contribution in [2.75, 3.05) is 40.5 Å². The number of carbonyl (C=O) groups is 1. The van der Waals surface area contributed by atoms with Crippen molar-refractivity contribution in [2.24, 2.45) is 10.3 Å². The highest BCUT2D eigenvalue weighted by molar-refractivity contribution is 8.15. The standard InChI is InChI=1S/C21H22N4O3S2/c1-14-8-9-24(13-14)17-5-3-16(4-6-17)22-20(26)15-2-7-18-19(12-15)29-21-23-30(27,28)11-10-25(18)21/h2-7,12,14H,8-11,13H2,1H3,(H,22,26). The lowest BCUT2D eigenvalue weighted by Gasteiger charge is -2.22. The van der Waals surface area contributed by atoms with Gasteiger partial charge in [0.25, 0.3) is 15.9 Å². The number of benzene rings is 2. The van der Waals surface area contributed by atoms with Crippen molar-refractivity contribution in [2.45, 2.75) is 18.2 Å². The molecule has 1 fully saturated rings. The second-order valence-corrected chi connectivity index (χ2v) is 10.7. The van der Waals surface area contributed by atoms with Gasteiger partial charge in [-0.2, -0.15) is 0 Å². The number of rotatable bonds is 3. The summed E-state index contributed by atoms with van der Waals surface area (Å²) >= 11 is 1.29. The minimum absolute atomic E-state index is 0.00503. The van der Waals surface area contributed by atoms with Crippen molar-refractivity contribution >= 4 is 49.9 Å². The Morgan fingerprint density at radius 1 is 1.17 bits per heavy atom. The van der Waals surface area contributed by atoms with Gasteiger partial charge < -0.3 is 15.1 Å². The molecule has 0 spiro atoms. The van der Waals surface area contributed by atoms with Crippen LogP contribution in [0.2, 0.25) is 0 Å². The molecule has 9 heteroatoms. The zero-order valence-electron chi connectivity index (χ0n) is 16.5. The minimum atomic E-state index is -3.39. The SMILES string of the molecule is CC1CCN(c2ccc(NC(=O)c3ccc4c(c3)SC3=NS(=O)(=O)CCN34)cc2)C1. The molecule has 1 atom stereocenters. The topological polar surface area (TPSA) is 82.1 Å². The van der Waals surface area contributed by atoms with Crippen LogP contribution < -0.4 is 15.1 Å². The van der Waals surface area contributed by atoms with Crippen LogP contribution in [0.5, 0.6) is 0 Å². The van der Waals surface area contributed by atoms with Gasteiger partial charge in [-0.3, -0.25) is 4.79 Å². The Kier molecular flexibility index (Phi) is 4.74. The summed E-state index contributed by atoms with van der Waals surface area (Å²) in [6.45, 7) is 4.79. The van der Waals surface area contributed by atoms with Crippen LogP contribution in [0.4, 0.5) is 17.1 Å². The summed E-state index contributed by atoms with van der Waals surface area (Å²) in [6, 6.07) is 13.4. The molecule has 1 unspecified atom stereocenters. The number of amidine groups is 1. The zero-order valence-corrected chi connectivity index (χ0v) is 18.2. The molecule has 0 bridgehead atoms. The third-order valence-electron chi connectivity index (χ3n) is 5.65. The summed E-state index contributed by atoms with van der Waals surface area (Å²) in [5.41, 5.74) is 3.35. The molecule has 0 aromatic heterocycles. The third kappa shape index (κ3) is 3.67. The lowest BCUT2D eigenvalue weighted by Crippen LogP contribution is -2.35. The number of anilines is 3. The average molecular weight is 443 g/mol. The number of fused-ring (bicyclic) bond motifs is 3. The monoisotopic (exact) mass is 442 g/mol. The van der Waals surface area contributed by atoms with E-state index in [1.54, 1.807) is 12.1 Å². The maximum atomic E-state index is 12.7. The number of hydrogen-bond donors (Lipinski definition) is 1. The lowest BCUT2D eigenvalue weighted by molar-refractivity contribution is 0.102. The fourth-order valence-corrected chi connectivity index (χ4v) is 6.30. The number of thioether (sulfide) groups is 1. The molecule has 0 radical (unpaired) electrons. The average Bonchev–Trinajstić information content (AvgIpc) is 3.29. The van der Waals surface area contributed by atoms with Gasteiger partial charge in [0.05, 0.1) is 11.4 Å². The molecule has 2 aromatic carbocycles. The number of sulfonamides is 1. The lowest BCUT2D eigenvalue weighted by atomic mass is 10.1. The molecule has 0 aliphatic carbocycles. The zero-order chi connectivity index (χ0) is 20.9. The van der Waals surface area contributed by atoms with Crippen LogP contribution in [-0.4, -0.2) is 44.9 Å². The molecular weight excluding hydrogens is 420 g/mol. The van der Waals surface area contributed by atoms with E-state index in [1.807, 2.05) is 35.2 Å². The first-order valence-corrected chi connectivity index (χ1v) is 12.4. The summed E-state index contributed by atoms with van der Waals surface area (Å²) in [6.07, 6.45) is 1.21. The van der Waals surface area contributed by atoms with E-state index < -0.39 is 10.0 Å². The first-order chi connectivity index (χ1) is 14.4. The second kappa shape index (κ2) is 7.31. The van der Waals surface area contributed by atoms with Gasteiger partial charge in [-0.1, -0.05) is 6.92 Å². The molecule has 2 aromatic rings. The van der Waals surface area contributed by atoms with Crippen LogP contribution in [-0.2, 0) is 10.0 Å². The fraction of sp³-hybridized carbons (Fsp3) is 0.333. The van der Waals surface area contributed by atoms with Crippen molar-refractivity contribution in [1.29, 1.82) is 0 Å². The maximum absolute atomic E-state index is 12.7. The Morgan fingerprint density at radius 3 is 2.70 bits per heavy atom. The Hall–Kier alpha value is -2.52. The normalized spacial score (nSPS) is 21.8. The van der Waals surface area contributed by atoms with Crippen molar-refractivity contribution in [3.05, 3.63) is 48.0 Å². The highest BCUT2D eigenvalue weighted by Gasteiger charge is 2.33. The predicted octanol–water partition coefficient (Wildman–Crippen LogP) is 3.40. The van der Waals surface area contributed by atoms with Gasteiger partial charge in [0.1, 0.15) is 0 Å². The smallest absolute Gasteiger partial charge is 0.257 e. The van der Waals surface area contributed by atoms with E-state index in [0.717, 1.165) is 29.4 Å². The number of nitrogens with one attached hydrogen (secondary N) is 1. The van der Waals surface area contributed by atoms with Crippen LogP contribution in [0.3, 0.4) is 0 Å². The van der Waals surface area contributed by atoms with Crippen LogP contribution in [0, 0.1) is 5.92 Å². The van der Waals surface area contributed by atoms with Gasteiger partial charge in [0, 0.05) is 41.5 Å². The van der Waals surface area contributed by atoms with Gasteiger partial charge in [-0.25, -0.2) is 8.42 Å². The number of nitrogens with zero attached hydrogens (tertiary/aromatic N) is 3. The van der Waals surface area contributed by atoms with E-state index in [-0.39, 0.29) is 11.7 Å². The van der Waals surface area contributed by atoms with E-state index in [9.17, 15) is 13.2 Å². The second-order valence-electron chi connectivity index (χ2n) is 7.94. The Bertz CT molecular complexity index is 1150. The van der Waals surface area contributed by atoms with Crippen LogP contribution >= 0.6 is 11.8 Å². The number of carbonyl (C=O) groups excluding carboxylic acids is 1. The number of amides is 1. The van der Waals surface area contributed by atoms with Crippen LogP contribution in [0.1, 0.15) is 23.7 Å². The van der Waals surface area contributed by atoms with Crippen molar-refractivity contribution in [3.63, 3.8) is 0 Å². The van der Waals surface area contributed by atoms with Gasteiger partial charge in [0.15, 0.2) is 5.17 Å². The summed E-state index contributed by atoms with van der Waals surface area (Å²) in [5, 5.41) is 3.40. The highest BCUT2D eigenvalue weighted by Crippen LogP contribution is 2.42. The molecule has 3 heterocycles. The molecule has 5 rings (SSSR count). The summed E-state index contributed by atoms with van der Waals surface area (Å²) in [5.74, 6) is 0.527. The van der Waals surface area contributed by atoms with Crippen molar-refractivity contribution in [1.82, 2.24) is 0 Å². The van der Waals surface area contributed by atoms with Crippen LogP contribution in [0.25, 0.3) is 0 Å². The van der Waals surface area contributed by atoms with E-state index in [1.165, 1.54) is 23.9 Å². The minimum Gasteiger partial charge on any atom is -0.371 e. The van der Waals surface area contributed by atoms with Gasteiger partial charge >= 0.3 is 0 Å². The molecule has 3 aliphatic heterocycles. The maximum Gasteiger partial charge on any atom is 0.257 e. The van der Waals surface area contributed by atoms with Crippen molar-refractivity contribution in [3.8, 4) is 0 Å². The summed E-state index contributed by atoms with van der Waals surface area (Å²) < 4.78 is 27.4. The van der Waals surface area contributed by atoms with Gasteiger partial charge in [-0.05, 0) is 66.6 Å². The highest BCUT2D eigenvalue weighted by atomic mass is 32.2. The first-order valence-electron chi connectivity index (χ1n) is 9.96. The fourth-order valence-electron chi connectivity index (χ4n) is 4.00.